The number of rotatable bonds is 6. The molecule has 0 amide bonds. The molecule has 0 saturated carbocycles. The maximum atomic E-state index is 11.9. The van der Waals surface area contributed by atoms with Crippen LogP contribution >= 0.6 is 0 Å². The van der Waals surface area contributed by atoms with Gasteiger partial charge in [-0.05, 0) is 12.3 Å². The van der Waals surface area contributed by atoms with Gasteiger partial charge in [0, 0.05) is 46.3 Å². The fraction of sp³-hybridized carbons (Fsp3) is 0.692. The standard InChI is InChI=1S/C13H23N5O3S/c1-4-16(2)22(20,21)15-8-11-5-6-18(10-11)12-7-13(19)17(3)14-9-12/h7,9,11,15H,4-6,8,10H2,1-3H3/t11-/m1/s1. The molecule has 0 bridgehead atoms. The van der Waals surface area contributed by atoms with E-state index >= 15 is 0 Å². The Labute approximate surface area is 130 Å². The van der Waals surface area contributed by atoms with Crippen LogP contribution in [0.15, 0.2) is 17.1 Å². The van der Waals surface area contributed by atoms with Crippen LogP contribution < -0.4 is 15.2 Å². The van der Waals surface area contributed by atoms with Crippen molar-refractivity contribution in [2.45, 2.75) is 13.3 Å². The van der Waals surface area contributed by atoms with E-state index in [0.29, 0.717) is 19.6 Å². The highest BCUT2D eigenvalue weighted by Crippen LogP contribution is 2.21. The first kappa shape index (κ1) is 16.9. The summed E-state index contributed by atoms with van der Waals surface area (Å²) in [6.07, 6.45) is 2.55. The monoisotopic (exact) mass is 329 g/mol. The summed E-state index contributed by atoms with van der Waals surface area (Å²) in [5.41, 5.74) is 0.644. The Morgan fingerprint density at radius 2 is 2.23 bits per heavy atom. The molecule has 9 heteroatoms. The highest BCUT2D eigenvalue weighted by molar-refractivity contribution is 7.87. The maximum absolute atomic E-state index is 11.9. The van der Waals surface area contributed by atoms with Crippen molar-refractivity contribution in [1.29, 1.82) is 0 Å². The second-order valence-electron chi connectivity index (χ2n) is 5.54. The predicted molar refractivity (Wildman–Crippen MR) is 85.0 cm³/mol. The molecular formula is C13H23N5O3S. The smallest absolute Gasteiger partial charge is 0.279 e. The van der Waals surface area contributed by atoms with Gasteiger partial charge in [0.1, 0.15) is 0 Å². The number of hydrogen-bond donors (Lipinski definition) is 1. The Morgan fingerprint density at radius 3 is 2.86 bits per heavy atom. The van der Waals surface area contributed by atoms with Crippen molar-refractivity contribution in [3.8, 4) is 0 Å². The van der Waals surface area contributed by atoms with E-state index < -0.39 is 10.2 Å². The van der Waals surface area contributed by atoms with Gasteiger partial charge in [-0.3, -0.25) is 4.79 Å². The summed E-state index contributed by atoms with van der Waals surface area (Å²) >= 11 is 0. The van der Waals surface area contributed by atoms with Crippen molar-refractivity contribution in [2.75, 3.05) is 38.1 Å². The average Bonchev–Trinajstić information content (AvgIpc) is 2.96. The Kier molecular flexibility index (Phi) is 5.20. The third-order valence-corrected chi connectivity index (χ3v) is 5.62. The zero-order valence-corrected chi connectivity index (χ0v) is 14.0. The lowest BCUT2D eigenvalue weighted by Crippen LogP contribution is -2.40. The van der Waals surface area contributed by atoms with Crippen LogP contribution in [0.2, 0.25) is 0 Å². The molecular weight excluding hydrogens is 306 g/mol. The van der Waals surface area contributed by atoms with Gasteiger partial charge in [0.05, 0.1) is 11.9 Å². The molecule has 1 atom stereocenters. The molecule has 1 fully saturated rings. The van der Waals surface area contributed by atoms with E-state index in [-0.39, 0.29) is 11.5 Å². The largest absolute Gasteiger partial charge is 0.370 e. The predicted octanol–water partition coefficient (Wildman–Crippen LogP) is -0.607. The van der Waals surface area contributed by atoms with Crippen molar-refractivity contribution in [2.24, 2.45) is 13.0 Å². The molecule has 22 heavy (non-hydrogen) atoms. The van der Waals surface area contributed by atoms with E-state index in [9.17, 15) is 13.2 Å². The molecule has 1 aliphatic rings. The van der Waals surface area contributed by atoms with Gasteiger partial charge in [-0.1, -0.05) is 6.92 Å². The number of anilines is 1. The molecule has 2 heterocycles. The Balaban J connectivity index is 1.93. The van der Waals surface area contributed by atoms with Crippen LogP contribution in [0.1, 0.15) is 13.3 Å². The highest BCUT2D eigenvalue weighted by Gasteiger charge is 2.25. The zero-order chi connectivity index (χ0) is 16.3. The van der Waals surface area contributed by atoms with Crippen LogP contribution in [-0.2, 0) is 17.3 Å². The van der Waals surface area contributed by atoms with Crippen LogP contribution in [0.5, 0.6) is 0 Å². The van der Waals surface area contributed by atoms with Gasteiger partial charge in [0.2, 0.25) is 0 Å². The first-order valence-corrected chi connectivity index (χ1v) is 8.76. The summed E-state index contributed by atoms with van der Waals surface area (Å²) in [6.45, 7) is 4.14. The lowest BCUT2D eigenvalue weighted by atomic mass is 10.1. The normalized spacial score (nSPS) is 19.1. The average molecular weight is 329 g/mol. The molecule has 1 aliphatic heterocycles. The molecule has 0 aromatic carbocycles. The summed E-state index contributed by atoms with van der Waals surface area (Å²) in [4.78, 5) is 13.7. The van der Waals surface area contributed by atoms with E-state index in [1.807, 2.05) is 0 Å². The topological polar surface area (TPSA) is 87.5 Å². The van der Waals surface area contributed by atoms with Gasteiger partial charge in [0.15, 0.2) is 0 Å². The van der Waals surface area contributed by atoms with Gasteiger partial charge in [0.25, 0.3) is 15.8 Å². The number of nitrogens with zero attached hydrogens (tertiary/aromatic N) is 4. The van der Waals surface area contributed by atoms with Crippen molar-refractivity contribution >= 4 is 15.9 Å². The van der Waals surface area contributed by atoms with E-state index in [1.165, 1.54) is 8.99 Å². The summed E-state index contributed by atoms with van der Waals surface area (Å²) in [7, 11) is -0.234. The zero-order valence-electron chi connectivity index (χ0n) is 13.2. The third kappa shape index (κ3) is 3.84. The van der Waals surface area contributed by atoms with Gasteiger partial charge < -0.3 is 4.90 Å². The maximum Gasteiger partial charge on any atom is 0.279 e. The second-order valence-corrected chi connectivity index (χ2v) is 7.41. The minimum atomic E-state index is -3.39. The Bertz CT molecular complexity index is 672. The quantitative estimate of drug-likeness (QED) is 0.752. The Morgan fingerprint density at radius 1 is 1.50 bits per heavy atom. The SMILES string of the molecule is CCN(C)S(=O)(=O)NC[C@H]1CCN(c2cnn(C)c(=O)c2)C1. The van der Waals surface area contributed by atoms with Crippen molar-refractivity contribution in [3.05, 3.63) is 22.6 Å². The summed E-state index contributed by atoms with van der Waals surface area (Å²) in [5.74, 6) is 0.226. The minimum absolute atomic E-state index is 0.147. The molecule has 0 spiro atoms. The first-order valence-electron chi connectivity index (χ1n) is 7.32. The van der Waals surface area contributed by atoms with E-state index in [2.05, 4.69) is 14.7 Å². The molecule has 0 unspecified atom stereocenters. The van der Waals surface area contributed by atoms with Gasteiger partial charge in [-0.15, -0.1) is 0 Å². The van der Waals surface area contributed by atoms with Gasteiger partial charge in [-0.2, -0.15) is 17.8 Å². The van der Waals surface area contributed by atoms with Crippen LogP contribution in [-0.4, -0.2) is 55.7 Å². The number of nitrogens with one attached hydrogen (secondary N) is 1. The fourth-order valence-electron chi connectivity index (χ4n) is 2.37. The molecule has 0 radical (unpaired) electrons. The fourth-order valence-corrected chi connectivity index (χ4v) is 3.38. The van der Waals surface area contributed by atoms with Crippen molar-refractivity contribution in [3.63, 3.8) is 0 Å². The van der Waals surface area contributed by atoms with Crippen LogP contribution in [0.25, 0.3) is 0 Å². The third-order valence-electron chi connectivity index (χ3n) is 4.01. The van der Waals surface area contributed by atoms with Gasteiger partial charge >= 0.3 is 0 Å². The lowest BCUT2D eigenvalue weighted by molar-refractivity contribution is 0.462. The molecule has 1 aromatic heterocycles. The molecule has 1 saturated heterocycles. The van der Waals surface area contributed by atoms with Crippen LogP contribution in [0.3, 0.4) is 0 Å². The lowest BCUT2D eigenvalue weighted by Gasteiger charge is -2.19. The minimum Gasteiger partial charge on any atom is -0.370 e. The summed E-state index contributed by atoms with van der Waals surface area (Å²) in [6, 6.07) is 1.56. The first-order chi connectivity index (χ1) is 10.3. The van der Waals surface area contributed by atoms with E-state index in [1.54, 1.807) is 33.3 Å². The van der Waals surface area contributed by atoms with E-state index in [4.69, 9.17) is 0 Å². The number of aryl methyl sites for hydroxylation is 1. The summed E-state index contributed by atoms with van der Waals surface area (Å²) in [5, 5.41) is 4.01. The van der Waals surface area contributed by atoms with Crippen LogP contribution in [0.4, 0.5) is 5.69 Å². The molecule has 124 valence electrons. The molecule has 1 N–H and O–H groups in total. The van der Waals surface area contributed by atoms with Crippen molar-refractivity contribution < 1.29 is 8.42 Å². The Hall–Kier alpha value is -1.45. The molecule has 0 aliphatic carbocycles. The molecule has 1 aromatic rings. The second kappa shape index (κ2) is 6.76. The molecule has 2 rings (SSSR count). The van der Waals surface area contributed by atoms with Gasteiger partial charge in [-0.25, -0.2) is 9.40 Å². The summed E-state index contributed by atoms with van der Waals surface area (Å²) < 4.78 is 29.0. The number of hydrogen-bond acceptors (Lipinski definition) is 5. The van der Waals surface area contributed by atoms with E-state index in [0.717, 1.165) is 18.7 Å². The molecule has 8 nitrogen and oxygen atoms in total. The highest BCUT2D eigenvalue weighted by atomic mass is 32.2. The van der Waals surface area contributed by atoms with Crippen LogP contribution in [0, 0.1) is 5.92 Å². The number of aromatic nitrogens is 2. The van der Waals surface area contributed by atoms with Crippen molar-refractivity contribution in [1.82, 2.24) is 18.8 Å².